The summed E-state index contributed by atoms with van der Waals surface area (Å²) in [5, 5.41) is 10.1. The summed E-state index contributed by atoms with van der Waals surface area (Å²) in [5.74, 6) is 3.29. The lowest BCUT2D eigenvalue weighted by Gasteiger charge is -2.60. The maximum absolute atomic E-state index is 12.7. The van der Waals surface area contributed by atoms with Crippen molar-refractivity contribution in [2.45, 2.75) is 76.1 Å². The van der Waals surface area contributed by atoms with Crippen molar-refractivity contribution in [2.24, 2.45) is 34.5 Å². The van der Waals surface area contributed by atoms with Gasteiger partial charge in [-0.3, -0.25) is 4.79 Å². The zero-order valence-electron chi connectivity index (χ0n) is 13.9. The monoisotopic (exact) mass is 368 g/mol. The Hall–Kier alpha value is 0.110. The summed E-state index contributed by atoms with van der Waals surface area (Å²) in [5.41, 5.74) is 0.351. The van der Waals surface area contributed by atoms with Gasteiger partial charge < -0.3 is 5.11 Å². The van der Waals surface area contributed by atoms with E-state index in [9.17, 15) is 9.90 Å². The van der Waals surface area contributed by atoms with Crippen molar-refractivity contribution in [3.05, 3.63) is 0 Å². The smallest absolute Gasteiger partial charge is 0.152 e. The third kappa shape index (κ3) is 1.97. The number of rotatable bonds is 0. The van der Waals surface area contributed by atoms with Crippen molar-refractivity contribution in [2.75, 3.05) is 0 Å². The largest absolute Gasteiger partial charge is 0.393 e. The van der Waals surface area contributed by atoms with E-state index in [1.165, 1.54) is 25.7 Å². The first kappa shape index (κ1) is 15.6. The fourth-order valence-electron chi connectivity index (χ4n) is 6.98. The molecule has 1 unspecified atom stereocenters. The summed E-state index contributed by atoms with van der Waals surface area (Å²) in [6.45, 7) is 4.75. The van der Waals surface area contributed by atoms with Crippen molar-refractivity contribution in [3.8, 4) is 0 Å². The summed E-state index contributed by atoms with van der Waals surface area (Å²) < 4.78 is 0. The van der Waals surface area contributed by atoms with E-state index in [0.29, 0.717) is 23.0 Å². The SMILES string of the molecule is C[C@]12CCC(O)C[C@@H]1CC[C@@H]1[C@@H]2CC[C@]2(C)C(=O)[C@H](Br)C[C@@H]12. The second-order valence-corrected chi connectivity index (χ2v) is 10.2. The minimum absolute atomic E-state index is 0.0628. The number of alkyl halides is 1. The highest BCUT2D eigenvalue weighted by atomic mass is 79.9. The lowest BCUT2D eigenvalue weighted by Crippen LogP contribution is -2.54. The van der Waals surface area contributed by atoms with Crippen LogP contribution in [0.1, 0.15) is 65.2 Å². The second-order valence-electron chi connectivity index (χ2n) is 9.11. The van der Waals surface area contributed by atoms with Gasteiger partial charge in [0.1, 0.15) is 0 Å². The van der Waals surface area contributed by atoms with Crippen LogP contribution >= 0.6 is 15.9 Å². The molecule has 4 aliphatic carbocycles. The van der Waals surface area contributed by atoms with E-state index in [1.54, 1.807) is 0 Å². The van der Waals surface area contributed by atoms with Crippen molar-refractivity contribution in [1.82, 2.24) is 0 Å². The van der Waals surface area contributed by atoms with Crippen molar-refractivity contribution >= 4 is 21.7 Å². The molecule has 4 saturated carbocycles. The molecule has 3 heteroatoms. The number of hydrogen-bond donors (Lipinski definition) is 1. The molecule has 0 aliphatic heterocycles. The third-order valence-electron chi connectivity index (χ3n) is 8.34. The maximum Gasteiger partial charge on any atom is 0.152 e. The molecule has 0 saturated heterocycles. The van der Waals surface area contributed by atoms with Crippen LogP contribution in [0.5, 0.6) is 0 Å². The number of ketones is 1. The first-order valence-electron chi connectivity index (χ1n) is 9.23. The van der Waals surface area contributed by atoms with E-state index < -0.39 is 0 Å². The number of fused-ring (bicyclic) bond motifs is 5. The molecule has 0 spiro atoms. The van der Waals surface area contributed by atoms with E-state index in [-0.39, 0.29) is 16.3 Å². The number of Topliss-reactive ketones (excluding diaryl/α,β-unsaturated/α-hetero) is 1. The van der Waals surface area contributed by atoms with Gasteiger partial charge >= 0.3 is 0 Å². The molecule has 8 atom stereocenters. The van der Waals surface area contributed by atoms with Crippen LogP contribution in [0.4, 0.5) is 0 Å². The van der Waals surface area contributed by atoms with Gasteiger partial charge in [-0.1, -0.05) is 29.8 Å². The summed E-state index contributed by atoms with van der Waals surface area (Å²) >= 11 is 3.65. The number of aliphatic hydroxyl groups is 1. The predicted molar refractivity (Wildman–Crippen MR) is 90.8 cm³/mol. The molecule has 22 heavy (non-hydrogen) atoms. The zero-order chi connectivity index (χ0) is 15.7. The molecule has 4 rings (SSSR count). The molecule has 124 valence electrons. The maximum atomic E-state index is 12.7. The lowest BCUT2D eigenvalue weighted by molar-refractivity contribution is -0.142. The van der Waals surface area contributed by atoms with Crippen LogP contribution in [-0.4, -0.2) is 21.8 Å². The average Bonchev–Trinajstić information content (AvgIpc) is 2.72. The van der Waals surface area contributed by atoms with Crippen LogP contribution in [0.25, 0.3) is 0 Å². The topological polar surface area (TPSA) is 37.3 Å². The molecule has 0 aromatic heterocycles. The Morgan fingerprint density at radius 1 is 1.05 bits per heavy atom. The van der Waals surface area contributed by atoms with Gasteiger partial charge in [-0.2, -0.15) is 0 Å². The number of aliphatic hydroxyl groups excluding tert-OH is 1. The van der Waals surface area contributed by atoms with Crippen LogP contribution in [0.15, 0.2) is 0 Å². The van der Waals surface area contributed by atoms with Crippen molar-refractivity contribution < 1.29 is 9.90 Å². The van der Waals surface area contributed by atoms with Gasteiger partial charge in [0.05, 0.1) is 10.9 Å². The molecule has 4 aliphatic rings. The Labute approximate surface area is 142 Å². The molecule has 0 radical (unpaired) electrons. The highest BCUT2D eigenvalue weighted by Crippen LogP contribution is 2.65. The van der Waals surface area contributed by atoms with Crippen LogP contribution < -0.4 is 0 Å². The van der Waals surface area contributed by atoms with Gasteiger partial charge in [0, 0.05) is 5.41 Å². The summed E-state index contributed by atoms with van der Waals surface area (Å²) in [7, 11) is 0. The van der Waals surface area contributed by atoms with E-state index in [0.717, 1.165) is 37.5 Å². The second kappa shape index (κ2) is 5.05. The predicted octanol–water partition coefficient (Wildman–Crippen LogP) is 4.33. The molecule has 0 aromatic rings. The van der Waals surface area contributed by atoms with E-state index in [2.05, 4.69) is 29.8 Å². The van der Waals surface area contributed by atoms with Crippen molar-refractivity contribution in [1.29, 1.82) is 0 Å². The number of halogens is 1. The molecule has 0 aromatic carbocycles. The van der Waals surface area contributed by atoms with E-state index in [1.807, 2.05) is 0 Å². The highest BCUT2D eigenvalue weighted by molar-refractivity contribution is 9.10. The molecule has 4 fully saturated rings. The fraction of sp³-hybridized carbons (Fsp3) is 0.947. The fourth-order valence-corrected chi connectivity index (χ4v) is 7.91. The minimum atomic E-state index is -0.0662. The molecular formula is C19H29BrO2. The zero-order valence-corrected chi connectivity index (χ0v) is 15.4. The normalized spacial score (nSPS) is 57.9. The number of hydrogen-bond acceptors (Lipinski definition) is 2. The van der Waals surface area contributed by atoms with Crippen LogP contribution in [-0.2, 0) is 4.79 Å². The van der Waals surface area contributed by atoms with Crippen LogP contribution in [0, 0.1) is 34.5 Å². The van der Waals surface area contributed by atoms with E-state index in [4.69, 9.17) is 0 Å². The lowest BCUT2D eigenvalue weighted by atomic mass is 9.45. The third-order valence-corrected chi connectivity index (χ3v) is 9.13. The van der Waals surface area contributed by atoms with Crippen LogP contribution in [0.2, 0.25) is 0 Å². The Morgan fingerprint density at radius 3 is 2.59 bits per heavy atom. The Bertz CT molecular complexity index is 492. The first-order valence-corrected chi connectivity index (χ1v) is 10.1. The molecular weight excluding hydrogens is 340 g/mol. The minimum Gasteiger partial charge on any atom is -0.393 e. The standard InChI is InChI=1S/C19H29BrO2/c1-18-7-5-12(21)9-11(18)3-4-13-14(18)6-8-19(2)15(13)10-16(20)17(19)22/h11-16,21H,3-10H2,1-2H3/t11-,12?,13+,14-,15-,16+,18-,19-/m0/s1. The molecule has 2 nitrogen and oxygen atoms in total. The Balaban J connectivity index is 1.64. The number of carbonyl (C=O) groups excluding carboxylic acids is 1. The van der Waals surface area contributed by atoms with Gasteiger partial charge in [0.25, 0.3) is 0 Å². The van der Waals surface area contributed by atoms with E-state index >= 15 is 0 Å². The number of carbonyl (C=O) groups is 1. The Morgan fingerprint density at radius 2 is 1.82 bits per heavy atom. The summed E-state index contributed by atoms with van der Waals surface area (Å²) in [6, 6.07) is 0. The highest BCUT2D eigenvalue weighted by Gasteiger charge is 2.61. The summed E-state index contributed by atoms with van der Waals surface area (Å²) in [4.78, 5) is 12.8. The summed E-state index contributed by atoms with van der Waals surface area (Å²) in [6.07, 6.45) is 9.04. The van der Waals surface area contributed by atoms with Gasteiger partial charge in [-0.15, -0.1) is 0 Å². The van der Waals surface area contributed by atoms with Gasteiger partial charge in [0.2, 0.25) is 0 Å². The van der Waals surface area contributed by atoms with Gasteiger partial charge in [-0.05, 0) is 80.5 Å². The molecule has 0 heterocycles. The molecule has 1 N–H and O–H groups in total. The average molecular weight is 369 g/mol. The van der Waals surface area contributed by atoms with Gasteiger partial charge in [0.15, 0.2) is 5.78 Å². The quantitative estimate of drug-likeness (QED) is 0.646. The van der Waals surface area contributed by atoms with Gasteiger partial charge in [-0.25, -0.2) is 0 Å². The Kier molecular flexibility index (Phi) is 3.59. The van der Waals surface area contributed by atoms with Crippen molar-refractivity contribution in [3.63, 3.8) is 0 Å². The molecule has 0 amide bonds. The first-order chi connectivity index (χ1) is 10.4. The molecule has 0 bridgehead atoms. The van der Waals surface area contributed by atoms with Crippen LogP contribution in [0.3, 0.4) is 0 Å².